The molecule has 1 aliphatic rings. The Kier molecular flexibility index (Phi) is 5.19. The number of alkyl halides is 1. The van der Waals surface area contributed by atoms with Crippen molar-refractivity contribution >= 4 is 8.32 Å². The number of rotatable bonds is 4. The van der Waals surface area contributed by atoms with E-state index < -0.39 is 44.2 Å². The van der Waals surface area contributed by atoms with Crippen molar-refractivity contribution in [1.29, 1.82) is 0 Å². The third kappa shape index (κ3) is 3.69. The monoisotopic (exact) mass is 360 g/mol. The van der Waals surface area contributed by atoms with Gasteiger partial charge in [0, 0.05) is 12.3 Å². The van der Waals surface area contributed by atoms with Crippen molar-refractivity contribution in [1.82, 2.24) is 9.55 Å². The number of aliphatic hydroxyl groups excluding tert-OH is 1. The second-order valence-electron chi connectivity index (χ2n) is 7.59. The summed E-state index contributed by atoms with van der Waals surface area (Å²) < 4.78 is 26.8. The summed E-state index contributed by atoms with van der Waals surface area (Å²) >= 11 is 0. The Morgan fingerprint density at radius 1 is 1.42 bits per heavy atom. The maximum atomic E-state index is 14.4. The number of hydrogen-bond acceptors (Lipinski definition) is 5. The molecule has 0 aromatic carbocycles. The van der Waals surface area contributed by atoms with Gasteiger partial charge in [0.05, 0.1) is 6.61 Å². The third-order valence-electron chi connectivity index (χ3n) is 4.83. The maximum absolute atomic E-state index is 14.4. The molecule has 1 aliphatic heterocycles. The fraction of sp³-hybridized carbons (Fsp3) is 0.733. The molecule has 7 nitrogen and oxygen atoms in total. The van der Waals surface area contributed by atoms with Crippen LogP contribution in [0.3, 0.4) is 0 Å². The van der Waals surface area contributed by atoms with Crippen LogP contribution in [0.5, 0.6) is 0 Å². The summed E-state index contributed by atoms with van der Waals surface area (Å²) in [6.45, 7) is 10.4. The number of aromatic amines is 1. The van der Waals surface area contributed by atoms with Crippen molar-refractivity contribution in [2.24, 2.45) is 0 Å². The van der Waals surface area contributed by atoms with Crippen molar-refractivity contribution in [2.75, 3.05) is 6.61 Å². The molecule has 9 heteroatoms. The smallest absolute Gasteiger partial charge is 0.330 e. The van der Waals surface area contributed by atoms with E-state index in [2.05, 4.69) is 20.8 Å². The Hall–Kier alpha value is -1.29. The molecule has 1 aromatic heterocycles. The number of ether oxygens (including phenoxy) is 1. The van der Waals surface area contributed by atoms with Crippen molar-refractivity contribution < 1.29 is 18.7 Å². The van der Waals surface area contributed by atoms with Gasteiger partial charge in [-0.25, -0.2) is 9.18 Å². The first-order chi connectivity index (χ1) is 10.9. The SMILES string of the molecule is CC(C)(C)[Si](C)(C)OC[C@H]1O[C@@H](n2ccc(=O)[nH]c2=O)C(F)C1O. The number of aliphatic hydroxyl groups is 1. The fourth-order valence-corrected chi connectivity index (χ4v) is 3.21. The summed E-state index contributed by atoms with van der Waals surface area (Å²) in [6.07, 6.45) is -4.21. The van der Waals surface area contributed by atoms with E-state index in [9.17, 15) is 19.1 Å². The van der Waals surface area contributed by atoms with E-state index in [1.54, 1.807) is 0 Å². The lowest BCUT2D eigenvalue weighted by molar-refractivity contribution is -0.0467. The molecule has 0 amide bonds. The Morgan fingerprint density at radius 2 is 2.04 bits per heavy atom. The zero-order valence-electron chi connectivity index (χ0n) is 14.6. The van der Waals surface area contributed by atoms with Crippen molar-refractivity contribution in [3.63, 3.8) is 0 Å². The molecule has 4 atom stereocenters. The Balaban J connectivity index is 2.13. The minimum Gasteiger partial charge on any atom is -0.414 e. The lowest BCUT2D eigenvalue weighted by Crippen LogP contribution is -2.44. The van der Waals surface area contributed by atoms with Crippen LogP contribution in [-0.2, 0) is 9.16 Å². The van der Waals surface area contributed by atoms with Crippen LogP contribution in [0.1, 0.15) is 27.0 Å². The predicted octanol–water partition coefficient (Wildman–Crippen LogP) is 1.15. The molecule has 2 N–H and O–H groups in total. The van der Waals surface area contributed by atoms with Crippen LogP contribution in [0, 0.1) is 0 Å². The average molecular weight is 360 g/mol. The lowest BCUT2D eigenvalue weighted by Gasteiger charge is -2.37. The average Bonchev–Trinajstić information content (AvgIpc) is 2.72. The molecule has 0 bridgehead atoms. The number of nitrogens with one attached hydrogen (secondary N) is 1. The Bertz CT molecular complexity index is 696. The second kappa shape index (κ2) is 6.55. The first-order valence-electron chi connectivity index (χ1n) is 7.87. The van der Waals surface area contributed by atoms with Gasteiger partial charge in [0.1, 0.15) is 12.2 Å². The van der Waals surface area contributed by atoms with Gasteiger partial charge < -0.3 is 14.3 Å². The molecule has 0 saturated carbocycles. The summed E-state index contributed by atoms with van der Waals surface area (Å²) in [6, 6.07) is 1.10. The Labute approximate surface area is 140 Å². The van der Waals surface area contributed by atoms with E-state index >= 15 is 0 Å². The third-order valence-corrected chi connectivity index (χ3v) is 9.33. The van der Waals surface area contributed by atoms with Gasteiger partial charge in [-0.05, 0) is 18.1 Å². The molecule has 2 rings (SSSR count). The molecular formula is C15H25FN2O5Si. The number of nitrogens with zero attached hydrogens (tertiary/aromatic N) is 1. The van der Waals surface area contributed by atoms with Crippen LogP contribution in [0.2, 0.25) is 18.1 Å². The summed E-state index contributed by atoms with van der Waals surface area (Å²) in [7, 11) is -2.07. The van der Waals surface area contributed by atoms with Gasteiger partial charge >= 0.3 is 5.69 Å². The highest BCUT2D eigenvalue weighted by molar-refractivity contribution is 6.74. The number of H-pyrrole nitrogens is 1. The first-order valence-corrected chi connectivity index (χ1v) is 10.8. The Morgan fingerprint density at radius 3 is 2.58 bits per heavy atom. The molecule has 1 saturated heterocycles. The zero-order valence-corrected chi connectivity index (χ0v) is 15.6. The topological polar surface area (TPSA) is 93.5 Å². The van der Waals surface area contributed by atoms with Gasteiger partial charge in [-0.15, -0.1) is 0 Å². The fourth-order valence-electron chi connectivity index (χ4n) is 2.20. The summed E-state index contributed by atoms with van der Waals surface area (Å²) in [5.74, 6) is 0. The predicted molar refractivity (Wildman–Crippen MR) is 89.3 cm³/mol. The first kappa shape index (κ1) is 19.0. The molecule has 2 unspecified atom stereocenters. The highest BCUT2D eigenvalue weighted by Crippen LogP contribution is 2.38. The minimum absolute atomic E-state index is 0.0269. The minimum atomic E-state index is -2.07. The second-order valence-corrected chi connectivity index (χ2v) is 12.4. The maximum Gasteiger partial charge on any atom is 0.330 e. The van der Waals surface area contributed by atoms with Crippen LogP contribution in [0.25, 0.3) is 0 Å². The number of aromatic nitrogens is 2. The van der Waals surface area contributed by atoms with Crippen LogP contribution < -0.4 is 11.2 Å². The molecule has 0 radical (unpaired) electrons. The number of hydrogen-bond donors (Lipinski definition) is 2. The molecule has 0 spiro atoms. The lowest BCUT2D eigenvalue weighted by atomic mass is 10.1. The molecular weight excluding hydrogens is 335 g/mol. The summed E-state index contributed by atoms with van der Waals surface area (Å²) in [5.41, 5.74) is -1.36. The summed E-state index contributed by atoms with van der Waals surface area (Å²) in [4.78, 5) is 24.9. The normalized spacial score (nSPS) is 28.3. The van der Waals surface area contributed by atoms with Gasteiger partial charge in [0.2, 0.25) is 0 Å². The molecule has 2 heterocycles. The van der Waals surface area contributed by atoms with Gasteiger partial charge in [-0.3, -0.25) is 14.3 Å². The van der Waals surface area contributed by atoms with E-state index in [1.807, 2.05) is 18.1 Å². The zero-order chi connectivity index (χ0) is 18.3. The van der Waals surface area contributed by atoms with Crippen LogP contribution in [0.15, 0.2) is 21.9 Å². The largest absolute Gasteiger partial charge is 0.414 e. The van der Waals surface area contributed by atoms with Gasteiger partial charge in [-0.1, -0.05) is 20.8 Å². The molecule has 136 valence electrons. The standard InChI is InChI=1S/C15H25FN2O5Si/c1-15(2,3)24(4,5)22-8-9-12(20)11(16)13(23-9)18-7-6-10(19)17-14(18)21/h6-7,9,11-13,20H,8H2,1-5H3,(H,17,19,21)/t9-,11?,12?,13-/m1/s1. The van der Waals surface area contributed by atoms with Gasteiger partial charge in [-0.2, -0.15) is 0 Å². The highest BCUT2D eigenvalue weighted by atomic mass is 28.4. The van der Waals surface area contributed by atoms with Crippen molar-refractivity contribution in [3.8, 4) is 0 Å². The van der Waals surface area contributed by atoms with Crippen LogP contribution in [-0.4, -0.2) is 48.0 Å². The molecule has 1 aromatic rings. The van der Waals surface area contributed by atoms with E-state index in [4.69, 9.17) is 9.16 Å². The van der Waals surface area contributed by atoms with Crippen molar-refractivity contribution in [3.05, 3.63) is 33.1 Å². The van der Waals surface area contributed by atoms with E-state index in [0.717, 1.165) is 16.8 Å². The molecule has 1 fully saturated rings. The highest BCUT2D eigenvalue weighted by Gasteiger charge is 2.47. The molecule has 24 heavy (non-hydrogen) atoms. The van der Waals surface area contributed by atoms with Gasteiger partial charge in [0.25, 0.3) is 5.56 Å². The van der Waals surface area contributed by atoms with Crippen LogP contribution >= 0.6 is 0 Å². The molecule has 0 aliphatic carbocycles. The van der Waals surface area contributed by atoms with E-state index in [-0.39, 0.29) is 11.6 Å². The van der Waals surface area contributed by atoms with Gasteiger partial charge in [0.15, 0.2) is 20.7 Å². The van der Waals surface area contributed by atoms with E-state index in [1.165, 1.54) is 0 Å². The van der Waals surface area contributed by atoms with E-state index in [0.29, 0.717) is 0 Å². The van der Waals surface area contributed by atoms with Crippen molar-refractivity contribution in [2.45, 2.75) is 63.5 Å². The summed E-state index contributed by atoms with van der Waals surface area (Å²) in [5, 5.41) is 10.1. The quantitative estimate of drug-likeness (QED) is 0.786. The number of halogens is 1. The van der Waals surface area contributed by atoms with Crippen LogP contribution in [0.4, 0.5) is 4.39 Å².